The molecule has 164 valence electrons. The summed E-state index contributed by atoms with van der Waals surface area (Å²) in [5.41, 5.74) is 0. The second-order valence-corrected chi connectivity index (χ2v) is 9.83. The summed E-state index contributed by atoms with van der Waals surface area (Å²) in [6.07, 6.45) is 9.16. The molecule has 0 spiro atoms. The number of carbonyl (C=O) groups is 1. The van der Waals surface area contributed by atoms with Crippen LogP contribution in [0.3, 0.4) is 0 Å². The van der Waals surface area contributed by atoms with Crippen LogP contribution in [-0.2, 0) is 26.6 Å². The summed E-state index contributed by atoms with van der Waals surface area (Å²) in [6, 6.07) is -0.562. The minimum atomic E-state index is -3.80. The highest BCUT2D eigenvalue weighted by Gasteiger charge is 2.35. The zero-order valence-corrected chi connectivity index (χ0v) is 17.7. The highest BCUT2D eigenvalue weighted by molar-refractivity contribution is 7.89. The molecule has 3 atom stereocenters. The first kappa shape index (κ1) is 22.2. The van der Waals surface area contributed by atoms with Gasteiger partial charge in [0.05, 0.1) is 37.6 Å². The van der Waals surface area contributed by atoms with Gasteiger partial charge in [-0.3, -0.25) is 4.79 Å². The number of sulfonamides is 1. The van der Waals surface area contributed by atoms with Gasteiger partial charge in [-0.15, -0.1) is 0 Å². The molecule has 1 aromatic heterocycles. The largest absolute Gasteiger partial charge is 0.394 e. The van der Waals surface area contributed by atoms with E-state index in [1.54, 1.807) is 11.6 Å². The molecule has 1 aliphatic carbocycles. The fourth-order valence-corrected chi connectivity index (χ4v) is 5.41. The molecule has 1 aromatic rings. The lowest BCUT2D eigenvalue weighted by Crippen LogP contribution is -2.51. The Hall–Kier alpha value is -1.49. The van der Waals surface area contributed by atoms with E-state index in [2.05, 4.69) is 15.0 Å². The minimum absolute atomic E-state index is 0.0511. The molecule has 1 aliphatic heterocycles. The molecule has 1 saturated heterocycles. The van der Waals surface area contributed by atoms with Crippen molar-refractivity contribution in [2.45, 2.75) is 74.6 Å². The Morgan fingerprint density at radius 1 is 1.28 bits per heavy atom. The summed E-state index contributed by atoms with van der Waals surface area (Å²) < 4.78 is 34.9. The van der Waals surface area contributed by atoms with Crippen molar-refractivity contribution < 1.29 is 23.1 Å². The van der Waals surface area contributed by atoms with Crippen molar-refractivity contribution in [2.24, 2.45) is 13.0 Å². The predicted molar refractivity (Wildman–Crippen MR) is 107 cm³/mol. The van der Waals surface area contributed by atoms with Gasteiger partial charge in [0.2, 0.25) is 5.91 Å². The standard InChI is InChI=1S/C19H32N4O5S/c1-23-11-19(21-13-23)29(26,27)22-16-8-7-15(28-17(16)12-24)9-18(25)20-10-14-5-3-2-4-6-14/h11,13-17,22,24H,2-10,12H2,1H3,(H,20,25)/t15-,16+,17-/m1/s1. The fourth-order valence-electron chi connectivity index (χ4n) is 4.13. The maximum absolute atomic E-state index is 12.5. The van der Waals surface area contributed by atoms with Crippen LogP contribution in [-0.4, -0.2) is 60.4 Å². The van der Waals surface area contributed by atoms with Crippen LogP contribution in [0, 0.1) is 5.92 Å². The number of nitrogens with one attached hydrogen (secondary N) is 2. The molecule has 1 amide bonds. The average molecular weight is 429 g/mol. The highest BCUT2D eigenvalue weighted by atomic mass is 32.2. The van der Waals surface area contributed by atoms with Gasteiger partial charge in [0.15, 0.2) is 5.03 Å². The Kier molecular flexibility index (Phi) is 7.66. The van der Waals surface area contributed by atoms with Crippen LogP contribution < -0.4 is 10.0 Å². The van der Waals surface area contributed by atoms with E-state index in [9.17, 15) is 18.3 Å². The van der Waals surface area contributed by atoms with Crippen molar-refractivity contribution in [3.63, 3.8) is 0 Å². The van der Waals surface area contributed by atoms with Gasteiger partial charge in [0, 0.05) is 19.8 Å². The van der Waals surface area contributed by atoms with Crippen LogP contribution in [0.5, 0.6) is 0 Å². The number of aliphatic hydroxyl groups excluding tert-OH is 1. The van der Waals surface area contributed by atoms with E-state index < -0.39 is 22.2 Å². The van der Waals surface area contributed by atoms with Crippen LogP contribution >= 0.6 is 0 Å². The molecule has 2 aliphatic rings. The van der Waals surface area contributed by atoms with E-state index in [0.717, 1.165) is 0 Å². The second kappa shape index (κ2) is 10.0. The maximum Gasteiger partial charge on any atom is 0.259 e. The van der Waals surface area contributed by atoms with E-state index in [4.69, 9.17) is 4.74 Å². The third-order valence-corrected chi connectivity index (χ3v) is 7.16. The van der Waals surface area contributed by atoms with Gasteiger partial charge in [0.1, 0.15) is 0 Å². The number of carbonyl (C=O) groups excluding carboxylic acids is 1. The van der Waals surface area contributed by atoms with E-state index in [1.807, 2.05) is 0 Å². The Balaban J connectivity index is 1.48. The highest BCUT2D eigenvalue weighted by Crippen LogP contribution is 2.24. The molecule has 0 bridgehead atoms. The third-order valence-electron chi connectivity index (χ3n) is 5.78. The fraction of sp³-hybridized carbons (Fsp3) is 0.789. The van der Waals surface area contributed by atoms with Crippen LogP contribution in [0.4, 0.5) is 0 Å². The SMILES string of the molecule is Cn1cnc(S(=O)(=O)N[C@H]2CC[C@H](CC(=O)NCC3CCCCC3)O[C@@H]2CO)c1. The topological polar surface area (TPSA) is 123 Å². The number of amides is 1. The molecule has 3 N–H and O–H groups in total. The Morgan fingerprint density at radius 2 is 2.03 bits per heavy atom. The number of ether oxygens (including phenoxy) is 1. The smallest absolute Gasteiger partial charge is 0.259 e. The van der Waals surface area contributed by atoms with E-state index >= 15 is 0 Å². The summed E-state index contributed by atoms with van der Waals surface area (Å²) in [5, 5.41) is 12.6. The molecule has 10 heteroatoms. The van der Waals surface area contributed by atoms with Crippen molar-refractivity contribution in [1.29, 1.82) is 0 Å². The van der Waals surface area contributed by atoms with Crippen molar-refractivity contribution in [3.8, 4) is 0 Å². The lowest BCUT2D eigenvalue weighted by atomic mass is 9.89. The minimum Gasteiger partial charge on any atom is -0.394 e. The summed E-state index contributed by atoms with van der Waals surface area (Å²) in [7, 11) is -2.11. The number of aromatic nitrogens is 2. The van der Waals surface area contributed by atoms with Gasteiger partial charge >= 0.3 is 0 Å². The molecule has 2 heterocycles. The van der Waals surface area contributed by atoms with E-state index in [-0.39, 0.29) is 30.1 Å². The molecule has 0 aromatic carbocycles. The van der Waals surface area contributed by atoms with Gasteiger partial charge < -0.3 is 19.7 Å². The number of aliphatic hydroxyl groups is 1. The van der Waals surface area contributed by atoms with Gasteiger partial charge in [-0.1, -0.05) is 19.3 Å². The first-order valence-electron chi connectivity index (χ1n) is 10.4. The van der Waals surface area contributed by atoms with Crippen molar-refractivity contribution in [3.05, 3.63) is 12.5 Å². The number of hydrogen-bond acceptors (Lipinski definition) is 6. The summed E-state index contributed by atoms with van der Waals surface area (Å²) >= 11 is 0. The zero-order valence-electron chi connectivity index (χ0n) is 16.9. The van der Waals surface area contributed by atoms with Gasteiger partial charge in [-0.05, 0) is 31.6 Å². The van der Waals surface area contributed by atoms with Crippen LogP contribution in [0.15, 0.2) is 17.6 Å². The quantitative estimate of drug-likeness (QED) is 0.560. The van der Waals surface area contributed by atoms with E-state index in [1.165, 1.54) is 44.6 Å². The molecular formula is C19H32N4O5S. The molecule has 1 saturated carbocycles. The summed E-state index contributed by atoms with van der Waals surface area (Å²) in [5.74, 6) is 0.514. The third kappa shape index (κ3) is 6.24. The van der Waals surface area contributed by atoms with Gasteiger partial charge in [-0.2, -0.15) is 0 Å². The number of aryl methyl sites for hydroxylation is 1. The lowest BCUT2D eigenvalue weighted by molar-refractivity contribution is -0.130. The Bertz CT molecular complexity index is 775. The number of rotatable bonds is 8. The summed E-state index contributed by atoms with van der Waals surface area (Å²) in [6.45, 7) is 0.386. The Labute approximate surface area is 172 Å². The summed E-state index contributed by atoms with van der Waals surface area (Å²) in [4.78, 5) is 16.1. The van der Waals surface area contributed by atoms with Crippen molar-refractivity contribution in [2.75, 3.05) is 13.2 Å². The Morgan fingerprint density at radius 3 is 2.69 bits per heavy atom. The molecule has 9 nitrogen and oxygen atoms in total. The molecule has 3 rings (SSSR count). The molecular weight excluding hydrogens is 396 g/mol. The maximum atomic E-state index is 12.5. The van der Waals surface area contributed by atoms with Gasteiger partial charge in [0.25, 0.3) is 10.0 Å². The van der Waals surface area contributed by atoms with Crippen LogP contribution in [0.2, 0.25) is 0 Å². The molecule has 2 fully saturated rings. The molecule has 29 heavy (non-hydrogen) atoms. The number of nitrogens with zero attached hydrogens (tertiary/aromatic N) is 2. The van der Waals surface area contributed by atoms with Crippen LogP contribution in [0.1, 0.15) is 51.4 Å². The first-order valence-corrected chi connectivity index (χ1v) is 11.9. The number of imidazole rings is 1. The average Bonchev–Trinajstić information content (AvgIpc) is 3.15. The predicted octanol–water partition coefficient (Wildman–Crippen LogP) is 0.694. The zero-order chi connectivity index (χ0) is 20.9. The lowest BCUT2D eigenvalue weighted by Gasteiger charge is -2.35. The van der Waals surface area contributed by atoms with Gasteiger partial charge in [-0.25, -0.2) is 18.1 Å². The molecule has 0 radical (unpaired) electrons. The van der Waals surface area contributed by atoms with E-state index in [0.29, 0.717) is 25.3 Å². The second-order valence-electron chi connectivity index (χ2n) is 8.17. The number of hydrogen-bond donors (Lipinski definition) is 3. The van der Waals surface area contributed by atoms with Crippen LogP contribution in [0.25, 0.3) is 0 Å². The van der Waals surface area contributed by atoms with Crippen molar-refractivity contribution in [1.82, 2.24) is 19.6 Å². The van der Waals surface area contributed by atoms with Crippen molar-refractivity contribution >= 4 is 15.9 Å². The monoisotopic (exact) mass is 428 g/mol. The molecule has 0 unspecified atom stereocenters. The first-order chi connectivity index (χ1) is 13.9. The normalized spacial score (nSPS) is 26.3.